The molecule has 2 atom stereocenters. The van der Waals surface area contributed by atoms with E-state index in [0.29, 0.717) is 12.1 Å². The van der Waals surface area contributed by atoms with Gasteiger partial charge in [-0.1, -0.05) is 29.8 Å². The van der Waals surface area contributed by atoms with Gasteiger partial charge in [0.2, 0.25) is 0 Å². The molecule has 82 valence electrons. The van der Waals surface area contributed by atoms with Crippen LogP contribution < -0.4 is 5.32 Å². The van der Waals surface area contributed by atoms with Crippen molar-refractivity contribution >= 4 is 0 Å². The van der Waals surface area contributed by atoms with Crippen LogP contribution in [0.2, 0.25) is 0 Å². The highest BCUT2D eigenvalue weighted by Gasteiger charge is 2.20. The Morgan fingerprint density at radius 2 is 2.20 bits per heavy atom. The van der Waals surface area contributed by atoms with Crippen LogP contribution in [0.15, 0.2) is 24.3 Å². The molecule has 1 aliphatic heterocycles. The SMILES string of the molecule is COC1CCC(c2cccc(C)c2)NC1. The molecule has 0 spiro atoms. The van der Waals surface area contributed by atoms with Gasteiger partial charge in [0, 0.05) is 19.7 Å². The van der Waals surface area contributed by atoms with Crippen molar-refractivity contribution in [1.82, 2.24) is 5.32 Å². The molecule has 0 bridgehead atoms. The van der Waals surface area contributed by atoms with Crippen LogP contribution in [0.1, 0.15) is 30.0 Å². The summed E-state index contributed by atoms with van der Waals surface area (Å²) in [6.07, 6.45) is 2.72. The minimum atomic E-state index is 0.394. The van der Waals surface area contributed by atoms with Gasteiger partial charge in [-0.3, -0.25) is 0 Å². The van der Waals surface area contributed by atoms with Gasteiger partial charge < -0.3 is 10.1 Å². The number of hydrogen-bond acceptors (Lipinski definition) is 2. The summed E-state index contributed by atoms with van der Waals surface area (Å²) >= 11 is 0. The highest BCUT2D eigenvalue weighted by molar-refractivity contribution is 5.25. The molecule has 1 aromatic rings. The molecule has 0 saturated carbocycles. The quantitative estimate of drug-likeness (QED) is 0.800. The first-order chi connectivity index (χ1) is 7.29. The Balaban J connectivity index is 2.01. The zero-order valence-electron chi connectivity index (χ0n) is 9.49. The van der Waals surface area contributed by atoms with E-state index in [4.69, 9.17) is 4.74 Å². The van der Waals surface area contributed by atoms with E-state index >= 15 is 0 Å². The first-order valence-corrected chi connectivity index (χ1v) is 5.62. The van der Waals surface area contributed by atoms with Gasteiger partial charge >= 0.3 is 0 Å². The third-order valence-corrected chi connectivity index (χ3v) is 3.15. The Morgan fingerprint density at radius 3 is 2.80 bits per heavy atom. The van der Waals surface area contributed by atoms with Crippen molar-refractivity contribution in [3.63, 3.8) is 0 Å². The number of ether oxygens (including phenoxy) is 1. The fourth-order valence-electron chi connectivity index (χ4n) is 2.20. The Bertz CT molecular complexity index is 316. The fourth-order valence-corrected chi connectivity index (χ4v) is 2.20. The number of benzene rings is 1. The number of piperidine rings is 1. The van der Waals surface area contributed by atoms with E-state index in [1.807, 2.05) is 0 Å². The van der Waals surface area contributed by atoms with Crippen molar-refractivity contribution in [3.8, 4) is 0 Å². The maximum absolute atomic E-state index is 5.34. The summed E-state index contributed by atoms with van der Waals surface area (Å²) in [6.45, 7) is 3.11. The highest BCUT2D eigenvalue weighted by atomic mass is 16.5. The predicted molar refractivity (Wildman–Crippen MR) is 62.0 cm³/mol. The van der Waals surface area contributed by atoms with E-state index < -0.39 is 0 Å². The third-order valence-electron chi connectivity index (χ3n) is 3.15. The van der Waals surface area contributed by atoms with E-state index in [1.165, 1.54) is 17.5 Å². The van der Waals surface area contributed by atoms with Crippen LogP contribution in [0, 0.1) is 6.92 Å². The van der Waals surface area contributed by atoms with Crippen LogP contribution in [-0.2, 0) is 4.74 Å². The molecule has 1 fully saturated rings. The van der Waals surface area contributed by atoms with Crippen LogP contribution in [0.5, 0.6) is 0 Å². The van der Waals surface area contributed by atoms with E-state index in [9.17, 15) is 0 Å². The van der Waals surface area contributed by atoms with Crippen molar-refractivity contribution in [1.29, 1.82) is 0 Å². The average molecular weight is 205 g/mol. The summed E-state index contributed by atoms with van der Waals surface area (Å²) < 4.78 is 5.34. The van der Waals surface area contributed by atoms with Gasteiger partial charge in [-0.05, 0) is 25.3 Å². The fraction of sp³-hybridized carbons (Fsp3) is 0.538. The van der Waals surface area contributed by atoms with Gasteiger partial charge in [-0.15, -0.1) is 0 Å². The molecule has 2 rings (SSSR count). The second-order valence-electron chi connectivity index (χ2n) is 4.31. The van der Waals surface area contributed by atoms with Crippen molar-refractivity contribution in [2.75, 3.05) is 13.7 Å². The molecule has 0 amide bonds. The summed E-state index contributed by atoms with van der Waals surface area (Å²) in [6, 6.07) is 9.26. The van der Waals surface area contributed by atoms with Crippen molar-refractivity contribution in [2.45, 2.75) is 31.9 Å². The molecule has 1 aromatic carbocycles. The van der Waals surface area contributed by atoms with Crippen molar-refractivity contribution in [2.24, 2.45) is 0 Å². The molecule has 0 aliphatic carbocycles. The number of nitrogens with one attached hydrogen (secondary N) is 1. The lowest BCUT2D eigenvalue weighted by molar-refractivity contribution is 0.0705. The Kier molecular flexibility index (Phi) is 3.39. The largest absolute Gasteiger partial charge is 0.380 e. The second kappa shape index (κ2) is 4.77. The molecule has 15 heavy (non-hydrogen) atoms. The van der Waals surface area contributed by atoms with Gasteiger partial charge in [-0.25, -0.2) is 0 Å². The molecule has 0 aromatic heterocycles. The standard InChI is InChI=1S/C13H19NO/c1-10-4-3-5-11(8-10)13-7-6-12(15-2)9-14-13/h3-5,8,12-14H,6-7,9H2,1-2H3. The summed E-state index contributed by atoms with van der Waals surface area (Å²) in [7, 11) is 1.79. The minimum Gasteiger partial charge on any atom is -0.380 e. The van der Waals surface area contributed by atoms with Crippen LogP contribution in [0.25, 0.3) is 0 Å². The zero-order valence-corrected chi connectivity index (χ0v) is 9.49. The molecule has 1 aliphatic rings. The monoisotopic (exact) mass is 205 g/mol. The van der Waals surface area contributed by atoms with E-state index in [2.05, 4.69) is 36.5 Å². The zero-order chi connectivity index (χ0) is 10.7. The van der Waals surface area contributed by atoms with Gasteiger partial charge in [-0.2, -0.15) is 0 Å². The Hall–Kier alpha value is -0.860. The van der Waals surface area contributed by atoms with Crippen LogP contribution in [-0.4, -0.2) is 19.8 Å². The van der Waals surface area contributed by atoms with Crippen molar-refractivity contribution in [3.05, 3.63) is 35.4 Å². The van der Waals surface area contributed by atoms with E-state index in [0.717, 1.165) is 13.0 Å². The topological polar surface area (TPSA) is 21.3 Å². The normalized spacial score (nSPS) is 26.5. The second-order valence-corrected chi connectivity index (χ2v) is 4.31. The maximum atomic E-state index is 5.34. The Labute approximate surface area is 91.6 Å². The van der Waals surface area contributed by atoms with Gasteiger partial charge in [0.05, 0.1) is 6.10 Å². The van der Waals surface area contributed by atoms with Crippen LogP contribution in [0.3, 0.4) is 0 Å². The lowest BCUT2D eigenvalue weighted by atomic mass is 9.95. The molecule has 1 N–H and O–H groups in total. The molecule has 2 nitrogen and oxygen atoms in total. The first kappa shape index (κ1) is 10.7. The van der Waals surface area contributed by atoms with Crippen LogP contribution >= 0.6 is 0 Å². The predicted octanol–water partition coefficient (Wildman–Crippen LogP) is 2.43. The van der Waals surface area contributed by atoms with Gasteiger partial charge in [0.25, 0.3) is 0 Å². The summed E-state index contributed by atoms with van der Waals surface area (Å²) in [5.74, 6) is 0. The molecule has 2 unspecified atom stereocenters. The van der Waals surface area contributed by atoms with Gasteiger partial charge in [0.1, 0.15) is 0 Å². The third kappa shape index (κ3) is 2.58. The molecule has 2 heteroatoms. The molecule has 0 radical (unpaired) electrons. The van der Waals surface area contributed by atoms with E-state index in [1.54, 1.807) is 7.11 Å². The highest BCUT2D eigenvalue weighted by Crippen LogP contribution is 2.24. The molecular weight excluding hydrogens is 186 g/mol. The summed E-state index contributed by atoms with van der Waals surface area (Å²) in [5.41, 5.74) is 2.74. The number of aryl methyl sites for hydroxylation is 1. The van der Waals surface area contributed by atoms with Gasteiger partial charge in [0.15, 0.2) is 0 Å². The molecule has 1 heterocycles. The Morgan fingerprint density at radius 1 is 1.33 bits per heavy atom. The van der Waals surface area contributed by atoms with E-state index in [-0.39, 0.29) is 0 Å². The maximum Gasteiger partial charge on any atom is 0.0696 e. The number of methoxy groups -OCH3 is 1. The average Bonchev–Trinajstić information content (AvgIpc) is 2.29. The minimum absolute atomic E-state index is 0.394. The lowest BCUT2D eigenvalue weighted by Crippen LogP contribution is -2.37. The van der Waals surface area contributed by atoms with Crippen molar-refractivity contribution < 1.29 is 4.74 Å². The van der Waals surface area contributed by atoms with Crippen LogP contribution in [0.4, 0.5) is 0 Å². The summed E-state index contributed by atoms with van der Waals surface area (Å²) in [5, 5.41) is 3.54. The lowest BCUT2D eigenvalue weighted by Gasteiger charge is -2.29. The smallest absolute Gasteiger partial charge is 0.0696 e. The molecule has 1 saturated heterocycles. The summed E-state index contributed by atoms with van der Waals surface area (Å²) in [4.78, 5) is 0. The first-order valence-electron chi connectivity index (χ1n) is 5.62. The number of hydrogen-bond donors (Lipinski definition) is 1. The number of rotatable bonds is 2. The molecular formula is C13H19NO.